The number of carbonyl (C=O) groups is 1. The van der Waals surface area contributed by atoms with Crippen molar-refractivity contribution in [3.8, 4) is 0 Å². The topological polar surface area (TPSA) is 69.6 Å². The SMILES string of the molecule is CC.CC(C(=O)NO)C(C)(O)CF. The summed E-state index contributed by atoms with van der Waals surface area (Å²) in [6, 6.07) is 0. The van der Waals surface area contributed by atoms with Crippen LogP contribution in [0.3, 0.4) is 0 Å². The van der Waals surface area contributed by atoms with Crippen LogP contribution in [0.5, 0.6) is 0 Å². The van der Waals surface area contributed by atoms with Crippen LogP contribution in [0.2, 0.25) is 0 Å². The van der Waals surface area contributed by atoms with Gasteiger partial charge < -0.3 is 5.11 Å². The van der Waals surface area contributed by atoms with Gasteiger partial charge in [0.2, 0.25) is 5.91 Å². The van der Waals surface area contributed by atoms with E-state index < -0.39 is 24.1 Å². The Morgan fingerprint density at radius 3 is 2.23 bits per heavy atom. The van der Waals surface area contributed by atoms with Crippen LogP contribution in [0.15, 0.2) is 0 Å². The average Bonchev–Trinajstić information content (AvgIpc) is 2.18. The highest BCUT2D eigenvalue weighted by atomic mass is 19.1. The van der Waals surface area contributed by atoms with Crippen LogP contribution in [0, 0.1) is 5.92 Å². The normalized spacial score (nSPS) is 16.2. The zero-order valence-electron chi connectivity index (χ0n) is 8.47. The molecular formula is C8H18FNO3. The fraction of sp³-hybridized carbons (Fsp3) is 0.875. The summed E-state index contributed by atoms with van der Waals surface area (Å²) in [5.41, 5.74) is -0.376. The average molecular weight is 195 g/mol. The Kier molecular flexibility index (Phi) is 7.75. The lowest BCUT2D eigenvalue weighted by atomic mass is 9.92. The molecule has 0 radical (unpaired) electrons. The Balaban J connectivity index is 0. The van der Waals surface area contributed by atoms with Crippen molar-refractivity contribution in [2.75, 3.05) is 6.67 Å². The summed E-state index contributed by atoms with van der Waals surface area (Å²) in [5, 5.41) is 17.3. The van der Waals surface area contributed by atoms with E-state index in [0.717, 1.165) is 0 Å². The number of hydrogen-bond acceptors (Lipinski definition) is 3. The molecule has 2 atom stereocenters. The first-order valence-electron chi connectivity index (χ1n) is 4.18. The van der Waals surface area contributed by atoms with Crippen LogP contribution in [0.4, 0.5) is 4.39 Å². The molecule has 0 rings (SSSR count). The molecule has 5 heteroatoms. The van der Waals surface area contributed by atoms with Crippen LogP contribution < -0.4 is 5.48 Å². The summed E-state index contributed by atoms with van der Waals surface area (Å²) >= 11 is 0. The maximum absolute atomic E-state index is 12.0. The molecule has 0 aromatic heterocycles. The smallest absolute Gasteiger partial charge is 0.249 e. The molecule has 0 aliphatic rings. The minimum Gasteiger partial charge on any atom is -0.387 e. The lowest BCUT2D eigenvalue weighted by molar-refractivity contribution is -0.142. The Hall–Kier alpha value is -0.680. The minimum atomic E-state index is -1.72. The predicted molar refractivity (Wildman–Crippen MR) is 47.0 cm³/mol. The van der Waals surface area contributed by atoms with Gasteiger partial charge in [0.1, 0.15) is 12.3 Å². The van der Waals surface area contributed by atoms with Crippen LogP contribution in [-0.2, 0) is 4.79 Å². The highest BCUT2D eigenvalue weighted by Gasteiger charge is 2.33. The van der Waals surface area contributed by atoms with E-state index >= 15 is 0 Å². The van der Waals surface area contributed by atoms with Gasteiger partial charge in [0.25, 0.3) is 0 Å². The zero-order chi connectivity index (χ0) is 11.1. The molecule has 0 fully saturated rings. The van der Waals surface area contributed by atoms with E-state index in [9.17, 15) is 9.18 Å². The summed E-state index contributed by atoms with van der Waals surface area (Å²) in [7, 11) is 0. The fourth-order valence-electron chi connectivity index (χ4n) is 0.495. The molecule has 0 aromatic carbocycles. The van der Waals surface area contributed by atoms with Gasteiger partial charge in [-0.2, -0.15) is 0 Å². The number of aliphatic hydroxyl groups is 1. The van der Waals surface area contributed by atoms with Crippen LogP contribution >= 0.6 is 0 Å². The highest BCUT2D eigenvalue weighted by Crippen LogP contribution is 2.16. The molecule has 0 aromatic rings. The minimum absolute atomic E-state index is 0.798. The molecule has 80 valence electrons. The van der Waals surface area contributed by atoms with Crippen molar-refractivity contribution in [1.82, 2.24) is 5.48 Å². The standard InChI is InChI=1S/C6H12FNO3.C2H6/c1-4(5(9)8-11)6(2,10)3-7;1-2/h4,10-11H,3H2,1-2H3,(H,8,9);1-2H3. The Bertz CT molecular complexity index is 150. The zero-order valence-corrected chi connectivity index (χ0v) is 8.47. The molecule has 0 saturated heterocycles. The summed E-state index contributed by atoms with van der Waals surface area (Å²) in [6.45, 7) is 5.49. The molecule has 3 N–H and O–H groups in total. The Labute approximate surface area is 77.7 Å². The van der Waals surface area contributed by atoms with Gasteiger partial charge in [-0.25, -0.2) is 9.87 Å². The van der Waals surface area contributed by atoms with Crippen LogP contribution in [0.25, 0.3) is 0 Å². The number of carbonyl (C=O) groups excluding carboxylic acids is 1. The van der Waals surface area contributed by atoms with Gasteiger partial charge in [0.05, 0.1) is 5.92 Å². The van der Waals surface area contributed by atoms with Gasteiger partial charge in [-0.05, 0) is 6.92 Å². The first-order valence-corrected chi connectivity index (χ1v) is 4.18. The largest absolute Gasteiger partial charge is 0.387 e. The van der Waals surface area contributed by atoms with Gasteiger partial charge in [0, 0.05) is 0 Å². The molecule has 0 spiro atoms. The van der Waals surface area contributed by atoms with Gasteiger partial charge in [-0.15, -0.1) is 0 Å². The maximum Gasteiger partial charge on any atom is 0.249 e. The third-order valence-corrected chi connectivity index (χ3v) is 1.71. The molecule has 13 heavy (non-hydrogen) atoms. The van der Waals surface area contributed by atoms with E-state index in [-0.39, 0.29) is 0 Å². The van der Waals surface area contributed by atoms with Crippen molar-refractivity contribution in [3.05, 3.63) is 0 Å². The van der Waals surface area contributed by atoms with Crippen LogP contribution in [0.1, 0.15) is 27.7 Å². The second kappa shape index (κ2) is 6.80. The third kappa shape index (κ3) is 4.80. The van der Waals surface area contributed by atoms with E-state index in [1.807, 2.05) is 13.8 Å². The molecule has 0 aliphatic carbocycles. The van der Waals surface area contributed by atoms with Crippen LogP contribution in [-0.4, -0.2) is 28.5 Å². The molecule has 2 unspecified atom stereocenters. The fourth-order valence-corrected chi connectivity index (χ4v) is 0.495. The Morgan fingerprint density at radius 2 is 2.00 bits per heavy atom. The summed E-state index contributed by atoms with van der Waals surface area (Å²) in [5.74, 6) is -1.77. The maximum atomic E-state index is 12.0. The van der Waals surface area contributed by atoms with E-state index in [2.05, 4.69) is 0 Å². The lowest BCUT2D eigenvalue weighted by Crippen LogP contribution is -2.44. The quantitative estimate of drug-likeness (QED) is 0.462. The second-order valence-corrected chi connectivity index (χ2v) is 2.69. The monoisotopic (exact) mass is 195 g/mol. The Morgan fingerprint density at radius 1 is 1.62 bits per heavy atom. The molecule has 4 nitrogen and oxygen atoms in total. The van der Waals surface area contributed by atoms with Crippen molar-refractivity contribution in [2.24, 2.45) is 5.92 Å². The summed E-state index contributed by atoms with van der Waals surface area (Å²) in [6.07, 6.45) is 0. The van der Waals surface area contributed by atoms with Crippen molar-refractivity contribution in [3.63, 3.8) is 0 Å². The van der Waals surface area contributed by atoms with Gasteiger partial charge in [0.15, 0.2) is 0 Å². The highest BCUT2D eigenvalue weighted by molar-refractivity contribution is 5.78. The van der Waals surface area contributed by atoms with Gasteiger partial charge in [-0.3, -0.25) is 10.0 Å². The first-order chi connectivity index (χ1) is 5.95. The van der Waals surface area contributed by atoms with Crippen molar-refractivity contribution in [1.29, 1.82) is 0 Å². The van der Waals surface area contributed by atoms with E-state index in [1.54, 1.807) is 0 Å². The van der Waals surface area contributed by atoms with Crippen molar-refractivity contribution < 1.29 is 19.5 Å². The number of hydroxylamine groups is 1. The number of halogens is 1. The lowest BCUT2D eigenvalue weighted by Gasteiger charge is -2.24. The summed E-state index contributed by atoms with van der Waals surface area (Å²) in [4.78, 5) is 10.6. The predicted octanol–water partition coefficient (Wildman–Crippen LogP) is 0.875. The molecule has 0 heterocycles. The molecule has 0 aliphatic heterocycles. The third-order valence-electron chi connectivity index (χ3n) is 1.71. The molecule has 0 bridgehead atoms. The number of hydrogen-bond donors (Lipinski definition) is 3. The first kappa shape index (κ1) is 14.8. The van der Waals surface area contributed by atoms with E-state index in [1.165, 1.54) is 19.3 Å². The number of rotatable bonds is 3. The second-order valence-electron chi connectivity index (χ2n) is 2.69. The number of alkyl halides is 1. The van der Waals surface area contributed by atoms with E-state index in [0.29, 0.717) is 0 Å². The summed E-state index contributed by atoms with van der Waals surface area (Å²) < 4.78 is 12.0. The molecule has 1 amide bonds. The molecule has 0 saturated carbocycles. The van der Waals surface area contributed by atoms with Crippen molar-refractivity contribution >= 4 is 5.91 Å². The van der Waals surface area contributed by atoms with Gasteiger partial charge >= 0.3 is 0 Å². The van der Waals surface area contributed by atoms with Crippen molar-refractivity contribution in [2.45, 2.75) is 33.3 Å². The number of amides is 1. The van der Waals surface area contributed by atoms with E-state index in [4.69, 9.17) is 10.3 Å². The van der Waals surface area contributed by atoms with Gasteiger partial charge in [-0.1, -0.05) is 20.8 Å². The number of nitrogens with one attached hydrogen (secondary N) is 1. The molecular weight excluding hydrogens is 177 g/mol.